The van der Waals surface area contributed by atoms with Crippen LogP contribution in [0.4, 0.5) is 0 Å². The summed E-state index contributed by atoms with van der Waals surface area (Å²) in [5, 5.41) is 5.20. The standard InChI is InChI=1S/C17H19NO2/c1-12-3-5-16-11-14(4-6-15(16)9-12)7-8-18-17(20)10-13(2)19/h3-6,9,11H,7-8,10H2,1-2H3,(H,18,20). The maximum absolute atomic E-state index is 11.4. The molecule has 3 nitrogen and oxygen atoms in total. The van der Waals surface area contributed by atoms with Crippen LogP contribution in [0.25, 0.3) is 10.8 Å². The Balaban J connectivity index is 1.95. The molecule has 0 aliphatic heterocycles. The molecule has 0 radical (unpaired) electrons. The van der Waals surface area contributed by atoms with E-state index in [0.29, 0.717) is 6.54 Å². The van der Waals surface area contributed by atoms with Crippen LogP contribution in [0.2, 0.25) is 0 Å². The van der Waals surface area contributed by atoms with Gasteiger partial charge in [0.1, 0.15) is 5.78 Å². The molecule has 2 aromatic carbocycles. The Kier molecular flexibility index (Phi) is 4.51. The van der Waals surface area contributed by atoms with E-state index in [1.54, 1.807) is 0 Å². The zero-order chi connectivity index (χ0) is 14.5. The van der Waals surface area contributed by atoms with Gasteiger partial charge in [-0.25, -0.2) is 0 Å². The van der Waals surface area contributed by atoms with E-state index in [1.165, 1.54) is 28.8 Å². The summed E-state index contributed by atoms with van der Waals surface area (Å²) in [6, 6.07) is 12.7. The van der Waals surface area contributed by atoms with Gasteiger partial charge in [0, 0.05) is 6.54 Å². The Labute approximate surface area is 119 Å². The fraction of sp³-hybridized carbons (Fsp3) is 0.294. The minimum absolute atomic E-state index is 0.0308. The predicted octanol–water partition coefficient (Wildman–Crippen LogP) is 2.79. The molecule has 0 heterocycles. The molecule has 1 N–H and O–H groups in total. The zero-order valence-corrected chi connectivity index (χ0v) is 11.9. The summed E-state index contributed by atoms with van der Waals surface area (Å²) in [5.41, 5.74) is 2.44. The number of rotatable bonds is 5. The number of carbonyl (C=O) groups excluding carboxylic acids is 2. The van der Waals surface area contributed by atoms with Crippen LogP contribution in [-0.2, 0) is 16.0 Å². The molecule has 0 fully saturated rings. The summed E-state index contributed by atoms with van der Waals surface area (Å²) in [5.74, 6) is -0.308. The van der Waals surface area contributed by atoms with Crippen molar-refractivity contribution >= 4 is 22.5 Å². The van der Waals surface area contributed by atoms with Gasteiger partial charge < -0.3 is 5.32 Å². The lowest BCUT2D eigenvalue weighted by molar-refractivity contribution is -0.127. The summed E-state index contributed by atoms with van der Waals surface area (Å²) in [4.78, 5) is 22.2. The minimum atomic E-state index is -0.200. The SMILES string of the molecule is CC(=O)CC(=O)NCCc1ccc2cc(C)ccc2c1. The second-order valence-corrected chi connectivity index (χ2v) is 5.16. The third kappa shape index (κ3) is 3.92. The van der Waals surface area contributed by atoms with Gasteiger partial charge in [-0.2, -0.15) is 0 Å². The molecule has 0 aliphatic rings. The van der Waals surface area contributed by atoms with Crippen LogP contribution < -0.4 is 5.32 Å². The number of ketones is 1. The molecule has 2 aromatic rings. The van der Waals surface area contributed by atoms with E-state index in [4.69, 9.17) is 0 Å². The van der Waals surface area contributed by atoms with E-state index in [9.17, 15) is 9.59 Å². The summed E-state index contributed by atoms with van der Waals surface area (Å²) in [6.45, 7) is 4.06. The van der Waals surface area contributed by atoms with E-state index >= 15 is 0 Å². The fourth-order valence-electron chi connectivity index (χ4n) is 2.20. The highest BCUT2D eigenvalue weighted by Gasteiger charge is 2.04. The Hall–Kier alpha value is -2.16. The fourth-order valence-corrected chi connectivity index (χ4v) is 2.20. The second kappa shape index (κ2) is 6.33. The lowest BCUT2D eigenvalue weighted by atomic mass is 10.0. The highest BCUT2D eigenvalue weighted by molar-refractivity contribution is 5.96. The normalized spacial score (nSPS) is 10.5. The van der Waals surface area contributed by atoms with Crippen LogP contribution in [0, 0.1) is 6.92 Å². The van der Waals surface area contributed by atoms with Crippen LogP contribution in [0.5, 0.6) is 0 Å². The van der Waals surface area contributed by atoms with E-state index in [0.717, 1.165) is 6.42 Å². The van der Waals surface area contributed by atoms with E-state index in [-0.39, 0.29) is 18.1 Å². The van der Waals surface area contributed by atoms with Crippen LogP contribution >= 0.6 is 0 Å². The summed E-state index contributed by atoms with van der Waals surface area (Å²) >= 11 is 0. The van der Waals surface area contributed by atoms with E-state index in [2.05, 4.69) is 48.6 Å². The molecule has 0 saturated heterocycles. The Morgan fingerprint density at radius 3 is 2.50 bits per heavy atom. The van der Waals surface area contributed by atoms with Gasteiger partial charge in [-0.05, 0) is 36.6 Å². The van der Waals surface area contributed by atoms with Gasteiger partial charge in [0.05, 0.1) is 6.42 Å². The quantitative estimate of drug-likeness (QED) is 0.848. The number of fused-ring (bicyclic) bond motifs is 1. The number of benzene rings is 2. The van der Waals surface area contributed by atoms with E-state index in [1.807, 2.05) is 0 Å². The molecule has 20 heavy (non-hydrogen) atoms. The van der Waals surface area contributed by atoms with Crippen molar-refractivity contribution in [1.82, 2.24) is 5.32 Å². The molecule has 0 aromatic heterocycles. The first-order valence-corrected chi connectivity index (χ1v) is 6.80. The average Bonchev–Trinajstić information content (AvgIpc) is 2.38. The summed E-state index contributed by atoms with van der Waals surface area (Å²) < 4.78 is 0. The largest absolute Gasteiger partial charge is 0.355 e. The topological polar surface area (TPSA) is 46.2 Å². The van der Waals surface area contributed by atoms with Gasteiger partial charge in [-0.3, -0.25) is 9.59 Å². The zero-order valence-electron chi connectivity index (χ0n) is 11.9. The number of aryl methyl sites for hydroxylation is 1. The molecule has 2 rings (SSSR count). The lowest BCUT2D eigenvalue weighted by Gasteiger charge is -2.06. The third-order valence-electron chi connectivity index (χ3n) is 3.21. The number of nitrogens with one attached hydrogen (secondary N) is 1. The summed E-state index contributed by atoms with van der Waals surface area (Å²) in [7, 11) is 0. The van der Waals surface area contributed by atoms with Crippen LogP contribution in [-0.4, -0.2) is 18.2 Å². The molecule has 3 heteroatoms. The van der Waals surface area contributed by atoms with Crippen LogP contribution in [0.1, 0.15) is 24.5 Å². The number of carbonyl (C=O) groups is 2. The van der Waals surface area contributed by atoms with Gasteiger partial charge in [0.15, 0.2) is 0 Å². The van der Waals surface area contributed by atoms with Crippen molar-refractivity contribution in [3.8, 4) is 0 Å². The maximum Gasteiger partial charge on any atom is 0.227 e. The number of hydrogen-bond acceptors (Lipinski definition) is 2. The number of Topliss-reactive ketones (excluding diaryl/α,β-unsaturated/α-hetero) is 1. The number of amides is 1. The molecule has 104 valence electrons. The second-order valence-electron chi connectivity index (χ2n) is 5.16. The van der Waals surface area contributed by atoms with Crippen molar-refractivity contribution in [2.45, 2.75) is 26.7 Å². The average molecular weight is 269 g/mol. The van der Waals surface area contributed by atoms with Gasteiger partial charge in [-0.1, -0.05) is 42.0 Å². The van der Waals surface area contributed by atoms with Crippen molar-refractivity contribution in [1.29, 1.82) is 0 Å². The first kappa shape index (κ1) is 14.3. The summed E-state index contributed by atoms with van der Waals surface area (Å²) in [6.07, 6.45) is 0.741. The minimum Gasteiger partial charge on any atom is -0.355 e. The smallest absolute Gasteiger partial charge is 0.227 e. The highest BCUT2D eigenvalue weighted by Crippen LogP contribution is 2.17. The first-order chi connectivity index (χ1) is 9.54. The van der Waals surface area contributed by atoms with Crippen LogP contribution in [0.15, 0.2) is 36.4 Å². The van der Waals surface area contributed by atoms with Gasteiger partial charge in [-0.15, -0.1) is 0 Å². The lowest BCUT2D eigenvalue weighted by Crippen LogP contribution is -2.27. The molecule has 0 aliphatic carbocycles. The van der Waals surface area contributed by atoms with Crippen molar-refractivity contribution in [2.24, 2.45) is 0 Å². The molecule has 0 unspecified atom stereocenters. The van der Waals surface area contributed by atoms with Crippen molar-refractivity contribution < 1.29 is 9.59 Å². The monoisotopic (exact) mass is 269 g/mol. The molecule has 1 amide bonds. The van der Waals surface area contributed by atoms with Crippen molar-refractivity contribution in [3.05, 3.63) is 47.5 Å². The molecule has 0 bridgehead atoms. The number of hydrogen-bond donors (Lipinski definition) is 1. The Morgan fingerprint density at radius 2 is 1.75 bits per heavy atom. The van der Waals surface area contributed by atoms with Gasteiger partial charge in [0.25, 0.3) is 0 Å². The third-order valence-corrected chi connectivity index (χ3v) is 3.21. The van der Waals surface area contributed by atoms with Crippen molar-refractivity contribution in [3.63, 3.8) is 0 Å². The van der Waals surface area contributed by atoms with E-state index < -0.39 is 0 Å². The van der Waals surface area contributed by atoms with Gasteiger partial charge >= 0.3 is 0 Å². The molecule has 0 saturated carbocycles. The van der Waals surface area contributed by atoms with Crippen molar-refractivity contribution in [2.75, 3.05) is 6.54 Å². The van der Waals surface area contributed by atoms with Gasteiger partial charge in [0.2, 0.25) is 5.91 Å². The molecular weight excluding hydrogens is 250 g/mol. The van der Waals surface area contributed by atoms with Crippen LogP contribution in [0.3, 0.4) is 0 Å². The first-order valence-electron chi connectivity index (χ1n) is 6.80. The molecular formula is C17H19NO2. The maximum atomic E-state index is 11.4. The molecule has 0 atom stereocenters. The molecule has 0 spiro atoms. The Bertz CT molecular complexity index is 646. The Morgan fingerprint density at radius 1 is 1.05 bits per heavy atom. The predicted molar refractivity (Wildman–Crippen MR) is 80.7 cm³/mol. The highest BCUT2D eigenvalue weighted by atomic mass is 16.2.